The summed E-state index contributed by atoms with van der Waals surface area (Å²) < 4.78 is 29.9. The van der Waals surface area contributed by atoms with Crippen LogP contribution in [0, 0.1) is 32.4 Å². The average molecular weight is 279 g/mol. The Morgan fingerprint density at radius 1 is 0.947 bits per heavy atom. The van der Waals surface area contributed by atoms with Crippen molar-refractivity contribution >= 4 is 17.6 Å². The van der Waals surface area contributed by atoms with E-state index in [0.717, 1.165) is 16.0 Å². The van der Waals surface area contributed by atoms with E-state index in [0.29, 0.717) is 5.69 Å². The number of hydrogen-bond acceptors (Lipinski definition) is 2. The highest BCUT2D eigenvalue weighted by molar-refractivity contribution is 8.00. The zero-order chi connectivity index (χ0) is 14.0. The quantitative estimate of drug-likeness (QED) is 0.793. The molecule has 2 aromatic carbocycles. The third kappa shape index (κ3) is 3.26. The Hall–Kier alpha value is -1.55. The molecule has 4 heteroatoms. The minimum atomic E-state index is -0.545. The van der Waals surface area contributed by atoms with E-state index >= 15 is 0 Å². The molecule has 19 heavy (non-hydrogen) atoms. The van der Waals surface area contributed by atoms with Crippen molar-refractivity contribution in [3.05, 3.63) is 58.7 Å². The first-order chi connectivity index (χ1) is 8.97. The number of benzene rings is 2. The molecule has 0 aromatic heterocycles. The van der Waals surface area contributed by atoms with Gasteiger partial charge in [0.15, 0.2) is 5.82 Å². The van der Waals surface area contributed by atoms with Gasteiger partial charge in [-0.05, 0) is 68.1 Å². The standard InChI is InChI=1S/C15H15F2NS/c1-9-6-10(2)8-12(7-9)19-18-14-5-4-13(16)11(3)15(14)17/h4-8,18H,1-3H3. The second-order valence-corrected chi connectivity index (χ2v) is 5.44. The van der Waals surface area contributed by atoms with E-state index in [1.807, 2.05) is 26.0 Å². The van der Waals surface area contributed by atoms with Crippen molar-refractivity contribution in [2.24, 2.45) is 0 Å². The Bertz CT molecular complexity index is 591. The van der Waals surface area contributed by atoms with Gasteiger partial charge in [-0.25, -0.2) is 8.78 Å². The number of hydrogen-bond donors (Lipinski definition) is 1. The van der Waals surface area contributed by atoms with Gasteiger partial charge in [0, 0.05) is 10.5 Å². The summed E-state index contributed by atoms with van der Waals surface area (Å²) in [6.45, 7) is 5.46. The van der Waals surface area contributed by atoms with Crippen LogP contribution in [0.3, 0.4) is 0 Å². The van der Waals surface area contributed by atoms with Crippen molar-refractivity contribution in [2.75, 3.05) is 4.72 Å². The van der Waals surface area contributed by atoms with Crippen LogP contribution in [0.15, 0.2) is 35.2 Å². The van der Waals surface area contributed by atoms with E-state index in [4.69, 9.17) is 0 Å². The van der Waals surface area contributed by atoms with Crippen LogP contribution in [-0.4, -0.2) is 0 Å². The van der Waals surface area contributed by atoms with E-state index in [1.54, 1.807) is 0 Å². The number of halogens is 2. The monoisotopic (exact) mass is 279 g/mol. The lowest BCUT2D eigenvalue weighted by atomic mass is 10.2. The Morgan fingerprint density at radius 2 is 1.58 bits per heavy atom. The summed E-state index contributed by atoms with van der Waals surface area (Å²) in [5, 5.41) is 0. The first kappa shape index (κ1) is 13.9. The van der Waals surface area contributed by atoms with E-state index in [9.17, 15) is 8.78 Å². The van der Waals surface area contributed by atoms with Crippen LogP contribution < -0.4 is 4.72 Å². The Balaban J connectivity index is 2.17. The fourth-order valence-corrected chi connectivity index (χ4v) is 2.72. The molecule has 0 bridgehead atoms. The first-order valence-corrected chi connectivity index (χ1v) is 6.75. The topological polar surface area (TPSA) is 12.0 Å². The van der Waals surface area contributed by atoms with Gasteiger partial charge in [0.2, 0.25) is 0 Å². The molecule has 0 atom stereocenters. The van der Waals surface area contributed by atoms with Crippen LogP contribution in [0.5, 0.6) is 0 Å². The molecule has 0 unspecified atom stereocenters. The molecule has 0 amide bonds. The van der Waals surface area contributed by atoms with Crippen molar-refractivity contribution in [3.8, 4) is 0 Å². The van der Waals surface area contributed by atoms with Crippen LogP contribution in [0.1, 0.15) is 16.7 Å². The lowest BCUT2D eigenvalue weighted by molar-refractivity contribution is 0.571. The van der Waals surface area contributed by atoms with Crippen LogP contribution >= 0.6 is 11.9 Å². The molecule has 0 aliphatic heterocycles. The van der Waals surface area contributed by atoms with Crippen molar-refractivity contribution < 1.29 is 8.78 Å². The predicted molar refractivity (Wildman–Crippen MR) is 76.5 cm³/mol. The Labute approximate surface area is 116 Å². The number of aryl methyl sites for hydroxylation is 2. The Morgan fingerprint density at radius 3 is 2.21 bits per heavy atom. The molecule has 2 rings (SSSR count). The second kappa shape index (κ2) is 5.61. The number of nitrogens with one attached hydrogen (secondary N) is 1. The van der Waals surface area contributed by atoms with Gasteiger partial charge in [0.05, 0.1) is 5.69 Å². The molecule has 1 nitrogen and oxygen atoms in total. The van der Waals surface area contributed by atoms with Gasteiger partial charge in [-0.15, -0.1) is 0 Å². The van der Waals surface area contributed by atoms with Crippen LogP contribution in [-0.2, 0) is 0 Å². The van der Waals surface area contributed by atoms with Crippen LogP contribution in [0.25, 0.3) is 0 Å². The third-order valence-electron chi connectivity index (χ3n) is 2.79. The van der Waals surface area contributed by atoms with Crippen molar-refractivity contribution in [2.45, 2.75) is 25.7 Å². The Kier molecular flexibility index (Phi) is 4.10. The zero-order valence-corrected chi connectivity index (χ0v) is 11.9. The van der Waals surface area contributed by atoms with Crippen molar-refractivity contribution in [1.29, 1.82) is 0 Å². The summed E-state index contributed by atoms with van der Waals surface area (Å²) in [7, 11) is 0. The molecule has 0 spiro atoms. The highest BCUT2D eigenvalue weighted by atomic mass is 32.2. The molecule has 1 N–H and O–H groups in total. The maximum absolute atomic E-state index is 13.8. The van der Waals surface area contributed by atoms with E-state index in [-0.39, 0.29) is 5.56 Å². The predicted octanol–water partition coefficient (Wildman–Crippen LogP) is 5.01. The van der Waals surface area contributed by atoms with E-state index in [2.05, 4.69) is 10.8 Å². The second-order valence-electron chi connectivity index (χ2n) is 4.56. The first-order valence-electron chi connectivity index (χ1n) is 5.93. The van der Waals surface area contributed by atoms with Gasteiger partial charge in [0.25, 0.3) is 0 Å². The van der Waals surface area contributed by atoms with Gasteiger partial charge >= 0.3 is 0 Å². The number of rotatable bonds is 3. The summed E-state index contributed by atoms with van der Waals surface area (Å²) in [6.07, 6.45) is 0. The van der Waals surface area contributed by atoms with Gasteiger partial charge in [-0.2, -0.15) is 0 Å². The molecule has 0 saturated heterocycles. The molecule has 100 valence electrons. The average Bonchev–Trinajstić information content (AvgIpc) is 2.34. The van der Waals surface area contributed by atoms with Gasteiger partial charge in [-0.1, -0.05) is 6.07 Å². The van der Waals surface area contributed by atoms with Gasteiger partial charge < -0.3 is 4.72 Å². The maximum atomic E-state index is 13.8. The summed E-state index contributed by atoms with van der Waals surface area (Å²) in [6, 6.07) is 8.78. The highest BCUT2D eigenvalue weighted by Crippen LogP contribution is 2.27. The van der Waals surface area contributed by atoms with Crippen LogP contribution in [0.4, 0.5) is 14.5 Å². The fraction of sp³-hybridized carbons (Fsp3) is 0.200. The smallest absolute Gasteiger partial charge is 0.152 e. The summed E-state index contributed by atoms with van der Waals surface area (Å²) in [5.41, 5.74) is 2.63. The van der Waals surface area contributed by atoms with Crippen molar-refractivity contribution in [3.63, 3.8) is 0 Å². The molecule has 2 aromatic rings. The minimum Gasteiger partial charge on any atom is -0.323 e. The molecular formula is C15H15F2NS. The van der Waals surface area contributed by atoms with Crippen LogP contribution in [0.2, 0.25) is 0 Å². The summed E-state index contributed by atoms with van der Waals surface area (Å²) >= 11 is 1.32. The lowest BCUT2D eigenvalue weighted by Crippen LogP contribution is -1.96. The normalized spacial score (nSPS) is 10.6. The van der Waals surface area contributed by atoms with Crippen molar-refractivity contribution in [1.82, 2.24) is 0 Å². The lowest BCUT2D eigenvalue weighted by Gasteiger charge is -2.10. The van der Waals surface area contributed by atoms with Gasteiger partial charge in [0.1, 0.15) is 5.82 Å². The molecule has 0 fully saturated rings. The zero-order valence-electron chi connectivity index (χ0n) is 11.1. The number of anilines is 1. The minimum absolute atomic E-state index is 0.0334. The van der Waals surface area contributed by atoms with E-state index in [1.165, 1.54) is 31.0 Å². The summed E-state index contributed by atoms with van der Waals surface area (Å²) in [5.74, 6) is -1.07. The molecule has 0 saturated carbocycles. The SMILES string of the molecule is Cc1cc(C)cc(SNc2ccc(F)c(C)c2F)c1. The fourth-order valence-electron chi connectivity index (χ4n) is 1.85. The molecule has 0 aliphatic carbocycles. The van der Waals surface area contributed by atoms with E-state index < -0.39 is 11.6 Å². The maximum Gasteiger partial charge on any atom is 0.152 e. The molecule has 0 aliphatic rings. The third-order valence-corrected chi connectivity index (χ3v) is 3.59. The molecular weight excluding hydrogens is 264 g/mol. The summed E-state index contributed by atoms with van der Waals surface area (Å²) in [4.78, 5) is 0.999. The molecule has 0 heterocycles. The van der Waals surface area contributed by atoms with Gasteiger partial charge in [-0.3, -0.25) is 0 Å². The molecule has 0 radical (unpaired) electrons. The largest absolute Gasteiger partial charge is 0.323 e. The highest BCUT2D eigenvalue weighted by Gasteiger charge is 2.09.